The number of rotatable bonds is 4. The molecule has 1 fully saturated rings. The van der Waals surface area contributed by atoms with Gasteiger partial charge in [-0.25, -0.2) is 4.79 Å². The largest absolute Gasteiger partial charge is 0.457 e. The summed E-state index contributed by atoms with van der Waals surface area (Å²) in [6, 6.07) is 15.0. The first-order chi connectivity index (χ1) is 11.6. The number of ether oxygens (including phenoxy) is 1. The third-order valence-electron chi connectivity index (χ3n) is 4.16. The maximum Gasteiger partial charge on any atom is 0.321 e. The number of hydrogen-bond donors (Lipinski definition) is 2. The monoisotopic (exact) mass is 326 g/mol. The number of benzene rings is 2. The number of amides is 2. The second kappa shape index (κ2) is 7.36. The molecule has 5 heteroatoms. The molecule has 1 heterocycles. The zero-order valence-corrected chi connectivity index (χ0v) is 13.7. The molecule has 1 unspecified atom stereocenters. The van der Waals surface area contributed by atoms with Crippen LogP contribution in [-0.4, -0.2) is 35.7 Å². The lowest BCUT2D eigenvalue weighted by Gasteiger charge is -2.17. The molecule has 0 aliphatic carbocycles. The Bertz CT molecular complexity index is 700. The summed E-state index contributed by atoms with van der Waals surface area (Å²) in [6.45, 7) is 3.45. The molecule has 2 amide bonds. The molecular weight excluding hydrogens is 304 g/mol. The highest BCUT2D eigenvalue weighted by Gasteiger charge is 2.25. The number of urea groups is 1. The number of aliphatic hydroxyl groups is 1. The smallest absolute Gasteiger partial charge is 0.321 e. The van der Waals surface area contributed by atoms with Gasteiger partial charge >= 0.3 is 6.03 Å². The summed E-state index contributed by atoms with van der Waals surface area (Å²) in [5, 5.41) is 12.0. The first-order valence-electron chi connectivity index (χ1n) is 8.15. The number of aliphatic hydroxyl groups excluding tert-OH is 1. The molecule has 2 aromatic carbocycles. The van der Waals surface area contributed by atoms with E-state index >= 15 is 0 Å². The molecule has 1 aliphatic rings. The number of likely N-dealkylation sites (tertiary alicyclic amines) is 1. The lowest BCUT2D eigenvalue weighted by Crippen LogP contribution is -2.33. The molecule has 0 spiro atoms. The molecule has 126 valence electrons. The van der Waals surface area contributed by atoms with E-state index in [4.69, 9.17) is 9.84 Å². The highest BCUT2D eigenvalue weighted by Crippen LogP contribution is 2.24. The Kier molecular flexibility index (Phi) is 5.01. The number of nitrogens with zero attached hydrogens (tertiary/aromatic N) is 1. The molecule has 1 aliphatic heterocycles. The van der Waals surface area contributed by atoms with Crippen molar-refractivity contribution in [1.29, 1.82) is 0 Å². The third kappa shape index (κ3) is 4.06. The Balaban J connectivity index is 1.57. The van der Waals surface area contributed by atoms with E-state index in [9.17, 15) is 4.79 Å². The van der Waals surface area contributed by atoms with Gasteiger partial charge in [-0.3, -0.25) is 0 Å². The zero-order chi connectivity index (χ0) is 16.9. The van der Waals surface area contributed by atoms with Crippen molar-refractivity contribution in [2.45, 2.75) is 13.3 Å². The van der Waals surface area contributed by atoms with Crippen LogP contribution in [0.3, 0.4) is 0 Å². The summed E-state index contributed by atoms with van der Waals surface area (Å²) in [5.41, 5.74) is 1.87. The number of carbonyl (C=O) groups is 1. The SMILES string of the molecule is Cc1cccc(Oc2ccc(NC(=O)N3CCC(CO)C3)cc2)c1. The summed E-state index contributed by atoms with van der Waals surface area (Å²) in [6.07, 6.45) is 0.854. The van der Waals surface area contributed by atoms with Crippen LogP contribution in [0.1, 0.15) is 12.0 Å². The Morgan fingerprint density at radius 1 is 1.25 bits per heavy atom. The maximum absolute atomic E-state index is 12.2. The van der Waals surface area contributed by atoms with E-state index in [-0.39, 0.29) is 18.6 Å². The minimum absolute atomic E-state index is 0.127. The Morgan fingerprint density at radius 2 is 2.04 bits per heavy atom. The molecule has 1 saturated heterocycles. The van der Waals surface area contributed by atoms with E-state index in [1.54, 1.807) is 4.90 Å². The van der Waals surface area contributed by atoms with Crippen molar-refractivity contribution in [3.05, 3.63) is 54.1 Å². The average Bonchev–Trinajstić information content (AvgIpc) is 3.06. The van der Waals surface area contributed by atoms with Crippen LogP contribution in [0.2, 0.25) is 0 Å². The van der Waals surface area contributed by atoms with Gasteiger partial charge in [0.25, 0.3) is 0 Å². The quantitative estimate of drug-likeness (QED) is 0.902. The predicted molar refractivity (Wildman–Crippen MR) is 93.5 cm³/mol. The van der Waals surface area contributed by atoms with Crippen LogP contribution in [0, 0.1) is 12.8 Å². The standard InChI is InChI=1S/C19H22N2O3/c1-14-3-2-4-18(11-14)24-17-7-5-16(6-8-17)20-19(23)21-10-9-15(12-21)13-22/h2-8,11,15,22H,9-10,12-13H2,1H3,(H,20,23). The second-order valence-corrected chi connectivity index (χ2v) is 6.16. The molecular formula is C19H22N2O3. The number of carbonyl (C=O) groups excluding carboxylic acids is 1. The lowest BCUT2D eigenvalue weighted by molar-refractivity contribution is 0.209. The van der Waals surface area contributed by atoms with Crippen LogP contribution < -0.4 is 10.1 Å². The summed E-state index contributed by atoms with van der Waals surface area (Å²) in [4.78, 5) is 13.9. The number of anilines is 1. The topological polar surface area (TPSA) is 61.8 Å². The molecule has 5 nitrogen and oxygen atoms in total. The molecule has 1 atom stereocenters. The fourth-order valence-corrected chi connectivity index (χ4v) is 2.79. The molecule has 2 aromatic rings. The van der Waals surface area contributed by atoms with Crippen LogP contribution in [0.4, 0.5) is 10.5 Å². The zero-order valence-electron chi connectivity index (χ0n) is 13.7. The van der Waals surface area contributed by atoms with Gasteiger partial charge in [-0.1, -0.05) is 12.1 Å². The first-order valence-corrected chi connectivity index (χ1v) is 8.15. The van der Waals surface area contributed by atoms with E-state index < -0.39 is 0 Å². The average molecular weight is 326 g/mol. The van der Waals surface area contributed by atoms with E-state index in [1.807, 2.05) is 55.5 Å². The van der Waals surface area contributed by atoms with Crippen LogP contribution in [0.25, 0.3) is 0 Å². The van der Waals surface area contributed by atoms with E-state index in [0.717, 1.165) is 29.2 Å². The number of aryl methyl sites for hydroxylation is 1. The van der Waals surface area contributed by atoms with E-state index in [2.05, 4.69) is 5.32 Å². The fourth-order valence-electron chi connectivity index (χ4n) is 2.79. The fraction of sp³-hybridized carbons (Fsp3) is 0.316. The first kappa shape index (κ1) is 16.3. The lowest BCUT2D eigenvalue weighted by atomic mass is 10.1. The molecule has 0 aromatic heterocycles. The molecule has 3 rings (SSSR count). The van der Waals surface area contributed by atoms with Gasteiger partial charge < -0.3 is 20.1 Å². The van der Waals surface area contributed by atoms with Gasteiger partial charge in [0, 0.05) is 31.3 Å². The summed E-state index contributed by atoms with van der Waals surface area (Å²) < 4.78 is 5.80. The third-order valence-corrected chi connectivity index (χ3v) is 4.16. The van der Waals surface area contributed by atoms with Crippen molar-refractivity contribution in [3.63, 3.8) is 0 Å². The molecule has 0 bridgehead atoms. The Labute approximate surface area is 141 Å². The van der Waals surface area contributed by atoms with Gasteiger partial charge in [0.15, 0.2) is 0 Å². The minimum atomic E-state index is -0.127. The van der Waals surface area contributed by atoms with Gasteiger partial charge in [0.2, 0.25) is 0 Å². The number of nitrogens with one attached hydrogen (secondary N) is 1. The van der Waals surface area contributed by atoms with Crippen LogP contribution in [-0.2, 0) is 0 Å². The normalized spacial score (nSPS) is 16.9. The second-order valence-electron chi connectivity index (χ2n) is 6.16. The summed E-state index contributed by atoms with van der Waals surface area (Å²) in [5.74, 6) is 1.71. The summed E-state index contributed by atoms with van der Waals surface area (Å²) >= 11 is 0. The molecule has 24 heavy (non-hydrogen) atoms. The molecule has 0 radical (unpaired) electrons. The van der Waals surface area contributed by atoms with Crippen LogP contribution >= 0.6 is 0 Å². The highest BCUT2D eigenvalue weighted by molar-refractivity contribution is 5.89. The Hall–Kier alpha value is -2.53. The van der Waals surface area contributed by atoms with Crippen molar-refractivity contribution in [2.24, 2.45) is 5.92 Å². The number of hydrogen-bond acceptors (Lipinski definition) is 3. The molecule has 2 N–H and O–H groups in total. The van der Waals surface area contributed by atoms with E-state index in [0.29, 0.717) is 13.1 Å². The van der Waals surface area contributed by atoms with Crippen molar-refractivity contribution < 1.29 is 14.6 Å². The maximum atomic E-state index is 12.2. The van der Waals surface area contributed by atoms with Crippen LogP contribution in [0.5, 0.6) is 11.5 Å². The van der Waals surface area contributed by atoms with Gasteiger partial charge in [-0.05, 0) is 55.3 Å². The van der Waals surface area contributed by atoms with Crippen molar-refractivity contribution in [1.82, 2.24) is 4.90 Å². The molecule has 0 saturated carbocycles. The predicted octanol–water partition coefficient (Wildman–Crippen LogP) is 3.63. The van der Waals surface area contributed by atoms with Crippen molar-refractivity contribution in [3.8, 4) is 11.5 Å². The minimum Gasteiger partial charge on any atom is -0.457 e. The van der Waals surface area contributed by atoms with Crippen LogP contribution in [0.15, 0.2) is 48.5 Å². The Morgan fingerprint density at radius 3 is 2.71 bits per heavy atom. The van der Waals surface area contributed by atoms with Gasteiger partial charge in [0.05, 0.1) is 0 Å². The highest BCUT2D eigenvalue weighted by atomic mass is 16.5. The van der Waals surface area contributed by atoms with Gasteiger partial charge in [-0.15, -0.1) is 0 Å². The van der Waals surface area contributed by atoms with Crippen molar-refractivity contribution in [2.75, 3.05) is 25.0 Å². The van der Waals surface area contributed by atoms with Gasteiger partial charge in [-0.2, -0.15) is 0 Å². The van der Waals surface area contributed by atoms with Gasteiger partial charge in [0.1, 0.15) is 11.5 Å². The van der Waals surface area contributed by atoms with E-state index in [1.165, 1.54) is 0 Å². The summed E-state index contributed by atoms with van der Waals surface area (Å²) in [7, 11) is 0. The van der Waals surface area contributed by atoms with Crippen molar-refractivity contribution >= 4 is 11.7 Å².